The van der Waals surface area contributed by atoms with Gasteiger partial charge in [-0.3, -0.25) is 10.1 Å². The number of ether oxygens (including phenoxy) is 3. The highest BCUT2D eigenvalue weighted by molar-refractivity contribution is 9.10. The standard InChI is InChI=1S/C25H24BrN3O5S/c1-32-23-13-16-11-12-28(25(35)27-18-5-3-17(26)4-6-18)22(21(16)14-24(23)33-2)15-34-20-9-7-19(8-10-20)29(30)31/h3-10,13-14,22H,11-12,15H2,1-2H3,(H,27,35). The predicted molar refractivity (Wildman–Crippen MR) is 142 cm³/mol. The lowest BCUT2D eigenvalue weighted by Gasteiger charge is -2.39. The van der Waals surface area contributed by atoms with E-state index < -0.39 is 4.92 Å². The quantitative estimate of drug-likeness (QED) is 0.223. The van der Waals surface area contributed by atoms with Crippen LogP contribution in [0.25, 0.3) is 0 Å². The summed E-state index contributed by atoms with van der Waals surface area (Å²) in [5, 5.41) is 14.9. The van der Waals surface area contributed by atoms with Crippen molar-refractivity contribution < 1.29 is 19.1 Å². The monoisotopic (exact) mass is 557 g/mol. The molecule has 4 rings (SSSR count). The number of thiocarbonyl (C=S) groups is 1. The third-order valence-corrected chi connectivity index (χ3v) is 6.68. The Morgan fingerprint density at radius 2 is 1.77 bits per heavy atom. The number of nitro benzene ring substituents is 1. The van der Waals surface area contributed by atoms with Crippen molar-refractivity contribution in [2.24, 2.45) is 0 Å². The molecule has 3 aromatic carbocycles. The zero-order valence-corrected chi connectivity index (χ0v) is 21.6. The molecule has 35 heavy (non-hydrogen) atoms. The predicted octanol–water partition coefficient (Wildman–Crippen LogP) is 5.75. The van der Waals surface area contributed by atoms with Crippen molar-refractivity contribution in [3.63, 3.8) is 0 Å². The number of anilines is 1. The third kappa shape index (κ3) is 5.66. The normalized spacial score (nSPS) is 14.6. The number of rotatable bonds is 7. The lowest BCUT2D eigenvalue weighted by Crippen LogP contribution is -2.44. The minimum Gasteiger partial charge on any atom is -0.493 e. The summed E-state index contributed by atoms with van der Waals surface area (Å²) in [5.41, 5.74) is 3.04. The van der Waals surface area contributed by atoms with E-state index in [-0.39, 0.29) is 18.3 Å². The summed E-state index contributed by atoms with van der Waals surface area (Å²) in [6.45, 7) is 0.960. The number of hydrogen-bond donors (Lipinski definition) is 1. The Labute approximate surface area is 217 Å². The van der Waals surface area contributed by atoms with Crippen LogP contribution in [-0.4, -0.2) is 42.3 Å². The fourth-order valence-electron chi connectivity index (χ4n) is 4.02. The molecule has 0 amide bonds. The summed E-state index contributed by atoms with van der Waals surface area (Å²) in [6, 6.07) is 17.6. The van der Waals surface area contributed by atoms with E-state index in [0.717, 1.165) is 27.7 Å². The average molecular weight is 558 g/mol. The highest BCUT2D eigenvalue weighted by atomic mass is 79.9. The zero-order valence-electron chi connectivity index (χ0n) is 19.2. The summed E-state index contributed by atoms with van der Waals surface area (Å²) in [6.07, 6.45) is 0.770. The summed E-state index contributed by atoms with van der Waals surface area (Å²) in [4.78, 5) is 12.6. The smallest absolute Gasteiger partial charge is 0.269 e. The van der Waals surface area contributed by atoms with Crippen molar-refractivity contribution in [2.45, 2.75) is 12.5 Å². The molecule has 1 atom stereocenters. The van der Waals surface area contributed by atoms with Crippen molar-refractivity contribution in [1.82, 2.24) is 4.90 Å². The van der Waals surface area contributed by atoms with Crippen LogP contribution in [-0.2, 0) is 6.42 Å². The van der Waals surface area contributed by atoms with E-state index in [9.17, 15) is 10.1 Å². The molecule has 0 saturated heterocycles. The molecule has 1 heterocycles. The van der Waals surface area contributed by atoms with Crippen LogP contribution in [0.3, 0.4) is 0 Å². The fraction of sp³-hybridized carbons (Fsp3) is 0.240. The number of halogens is 1. The van der Waals surface area contributed by atoms with E-state index in [1.807, 2.05) is 36.4 Å². The topological polar surface area (TPSA) is 86.1 Å². The molecule has 0 bridgehead atoms. The van der Waals surface area contributed by atoms with Gasteiger partial charge in [-0.1, -0.05) is 15.9 Å². The van der Waals surface area contributed by atoms with Crippen molar-refractivity contribution in [1.29, 1.82) is 0 Å². The highest BCUT2D eigenvalue weighted by Gasteiger charge is 2.31. The van der Waals surface area contributed by atoms with Gasteiger partial charge >= 0.3 is 0 Å². The van der Waals surface area contributed by atoms with Gasteiger partial charge in [-0.15, -0.1) is 0 Å². The van der Waals surface area contributed by atoms with E-state index in [2.05, 4.69) is 26.1 Å². The molecular formula is C25H24BrN3O5S. The maximum Gasteiger partial charge on any atom is 0.269 e. The lowest BCUT2D eigenvalue weighted by atomic mass is 9.92. The number of nitro groups is 1. The Morgan fingerprint density at radius 3 is 2.40 bits per heavy atom. The number of methoxy groups -OCH3 is 2. The van der Waals surface area contributed by atoms with Crippen LogP contribution in [0.5, 0.6) is 17.2 Å². The molecule has 1 N–H and O–H groups in total. The first-order chi connectivity index (χ1) is 16.9. The Hall–Kier alpha value is -3.37. The van der Waals surface area contributed by atoms with Gasteiger partial charge in [-0.2, -0.15) is 0 Å². The molecule has 10 heteroatoms. The van der Waals surface area contributed by atoms with E-state index in [0.29, 0.717) is 28.9 Å². The summed E-state index contributed by atoms with van der Waals surface area (Å²) in [7, 11) is 3.22. The Morgan fingerprint density at radius 1 is 1.11 bits per heavy atom. The van der Waals surface area contributed by atoms with Crippen molar-refractivity contribution in [3.05, 3.63) is 86.4 Å². The van der Waals surface area contributed by atoms with Crippen LogP contribution in [0.15, 0.2) is 65.1 Å². The van der Waals surface area contributed by atoms with Crippen molar-refractivity contribution in [2.75, 3.05) is 32.7 Å². The second kappa shape index (κ2) is 10.9. The van der Waals surface area contributed by atoms with Gasteiger partial charge in [-0.05, 0) is 78.3 Å². The SMILES string of the molecule is COc1cc2c(cc1OC)C(COc1ccc([N+](=O)[O-])cc1)N(C(=S)Nc1ccc(Br)cc1)CC2. The van der Waals surface area contributed by atoms with Gasteiger partial charge < -0.3 is 24.4 Å². The summed E-state index contributed by atoms with van der Waals surface area (Å²) in [5.74, 6) is 1.83. The molecule has 0 spiro atoms. The molecule has 182 valence electrons. The molecule has 0 radical (unpaired) electrons. The van der Waals surface area contributed by atoms with Gasteiger partial charge in [0.15, 0.2) is 16.6 Å². The van der Waals surface area contributed by atoms with Crippen molar-refractivity contribution in [3.8, 4) is 17.2 Å². The second-order valence-electron chi connectivity index (χ2n) is 7.86. The number of benzene rings is 3. The molecule has 8 nitrogen and oxygen atoms in total. The minimum absolute atomic E-state index is 0.0127. The van der Waals surface area contributed by atoms with E-state index in [4.69, 9.17) is 26.4 Å². The van der Waals surface area contributed by atoms with Gasteiger partial charge in [0, 0.05) is 28.8 Å². The highest BCUT2D eigenvalue weighted by Crippen LogP contribution is 2.39. The minimum atomic E-state index is -0.436. The molecule has 1 aliphatic rings. The van der Waals surface area contributed by atoms with Crippen LogP contribution < -0.4 is 19.5 Å². The van der Waals surface area contributed by atoms with E-state index >= 15 is 0 Å². The zero-order chi connectivity index (χ0) is 24.9. The molecule has 0 aromatic heterocycles. The fourth-order valence-corrected chi connectivity index (χ4v) is 4.62. The molecule has 0 aliphatic carbocycles. The van der Waals surface area contributed by atoms with Crippen LogP contribution >= 0.6 is 28.1 Å². The van der Waals surface area contributed by atoms with Crippen molar-refractivity contribution >= 4 is 44.6 Å². The Kier molecular flexibility index (Phi) is 7.72. The molecule has 3 aromatic rings. The average Bonchev–Trinajstić information content (AvgIpc) is 2.87. The number of non-ortho nitro benzene ring substituents is 1. The van der Waals surface area contributed by atoms with Gasteiger partial charge in [0.25, 0.3) is 5.69 Å². The molecule has 1 unspecified atom stereocenters. The largest absolute Gasteiger partial charge is 0.493 e. The maximum absolute atomic E-state index is 11.0. The molecule has 1 aliphatic heterocycles. The molecular weight excluding hydrogens is 534 g/mol. The first-order valence-electron chi connectivity index (χ1n) is 10.8. The van der Waals surface area contributed by atoms with Gasteiger partial charge in [-0.25, -0.2) is 0 Å². The second-order valence-corrected chi connectivity index (χ2v) is 9.17. The third-order valence-electron chi connectivity index (χ3n) is 5.81. The van der Waals surface area contributed by atoms with Crippen LogP contribution in [0.1, 0.15) is 17.2 Å². The lowest BCUT2D eigenvalue weighted by molar-refractivity contribution is -0.384. The van der Waals surface area contributed by atoms with Gasteiger partial charge in [0.1, 0.15) is 12.4 Å². The Balaban J connectivity index is 1.62. The maximum atomic E-state index is 11.0. The summed E-state index contributed by atoms with van der Waals surface area (Å²) >= 11 is 9.25. The van der Waals surface area contributed by atoms with E-state index in [1.54, 1.807) is 26.4 Å². The van der Waals surface area contributed by atoms with Gasteiger partial charge in [0.05, 0.1) is 25.2 Å². The van der Waals surface area contributed by atoms with Crippen LogP contribution in [0.4, 0.5) is 11.4 Å². The molecule has 0 fully saturated rings. The molecule has 0 saturated carbocycles. The number of nitrogens with one attached hydrogen (secondary N) is 1. The first-order valence-corrected chi connectivity index (χ1v) is 12.0. The van der Waals surface area contributed by atoms with E-state index in [1.165, 1.54) is 12.1 Å². The number of hydrogen-bond acceptors (Lipinski definition) is 6. The Bertz CT molecular complexity index is 1220. The van der Waals surface area contributed by atoms with Crippen LogP contribution in [0, 0.1) is 10.1 Å². The number of fused-ring (bicyclic) bond motifs is 1. The van der Waals surface area contributed by atoms with Crippen LogP contribution in [0.2, 0.25) is 0 Å². The first kappa shape index (κ1) is 24.7. The van der Waals surface area contributed by atoms with Gasteiger partial charge in [0.2, 0.25) is 0 Å². The summed E-state index contributed by atoms with van der Waals surface area (Å²) < 4.78 is 18.1. The number of nitrogens with zero attached hydrogens (tertiary/aromatic N) is 2.